The van der Waals surface area contributed by atoms with Gasteiger partial charge in [0.15, 0.2) is 0 Å². The summed E-state index contributed by atoms with van der Waals surface area (Å²) in [4.78, 5) is 4.15. The molecular formula is C36H22N2. The van der Waals surface area contributed by atoms with E-state index in [1.165, 1.54) is 49.0 Å². The maximum Gasteiger partial charge on any atom is 0.141 e. The topological polar surface area (TPSA) is 36.7 Å². The fraction of sp³-hybridized carbons (Fsp3) is 0. The van der Waals surface area contributed by atoms with Crippen LogP contribution in [-0.2, 0) is 0 Å². The summed E-state index contributed by atoms with van der Waals surface area (Å²) in [6.45, 7) is 0. The number of aromatic nitrogens is 1. The minimum atomic E-state index is 0.419. The Morgan fingerprint density at radius 1 is 0.447 bits per heavy atom. The van der Waals surface area contributed by atoms with E-state index >= 15 is 0 Å². The van der Waals surface area contributed by atoms with Crippen molar-refractivity contribution in [2.75, 3.05) is 0 Å². The summed E-state index contributed by atoms with van der Waals surface area (Å²) in [5.41, 5.74) is 7.30. The summed E-state index contributed by atoms with van der Waals surface area (Å²) < 4.78 is 0. The predicted octanol–water partition coefficient (Wildman–Crippen LogP) is 9.41. The highest BCUT2D eigenvalue weighted by Gasteiger charge is 2.17. The molecule has 0 saturated carbocycles. The number of fused-ring (bicyclic) bond motifs is 3. The molecule has 0 fully saturated rings. The van der Waals surface area contributed by atoms with Crippen molar-refractivity contribution in [3.63, 3.8) is 0 Å². The standard InChI is InChI=1S/C36H22N2/c37-23-30-20-28(17-18-38-30)25-13-8-14-29(19-25)36-32-16-7-6-15-31(32)35(24-9-2-1-3-10-24)33-21-26-11-4-5-12-27(26)22-34(33)36/h1-22H. The lowest BCUT2D eigenvalue weighted by atomic mass is 9.84. The Hall–Kier alpha value is -5.26. The van der Waals surface area contributed by atoms with E-state index in [1.54, 1.807) is 6.20 Å². The maximum absolute atomic E-state index is 9.37. The Morgan fingerprint density at radius 2 is 1.00 bits per heavy atom. The summed E-state index contributed by atoms with van der Waals surface area (Å²) in [6, 6.07) is 47.3. The molecule has 0 amide bonds. The second-order valence-corrected chi connectivity index (χ2v) is 9.53. The lowest BCUT2D eigenvalue weighted by Gasteiger charge is -2.19. The van der Waals surface area contributed by atoms with Crippen LogP contribution in [0.1, 0.15) is 5.69 Å². The summed E-state index contributed by atoms with van der Waals surface area (Å²) in [5, 5.41) is 16.7. The molecule has 38 heavy (non-hydrogen) atoms. The Labute approximate surface area is 221 Å². The molecule has 0 aliphatic rings. The number of benzene rings is 6. The predicted molar refractivity (Wildman–Crippen MR) is 158 cm³/mol. The number of rotatable bonds is 3. The van der Waals surface area contributed by atoms with E-state index in [2.05, 4.69) is 126 Å². The van der Waals surface area contributed by atoms with Gasteiger partial charge in [0.05, 0.1) is 0 Å². The van der Waals surface area contributed by atoms with Crippen LogP contribution in [0.5, 0.6) is 0 Å². The van der Waals surface area contributed by atoms with Gasteiger partial charge in [-0.3, -0.25) is 0 Å². The van der Waals surface area contributed by atoms with Crippen molar-refractivity contribution in [1.82, 2.24) is 4.98 Å². The quantitative estimate of drug-likeness (QED) is 0.235. The first-order valence-electron chi connectivity index (χ1n) is 12.7. The van der Waals surface area contributed by atoms with Crippen molar-refractivity contribution < 1.29 is 0 Å². The van der Waals surface area contributed by atoms with Gasteiger partial charge < -0.3 is 0 Å². The Bertz CT molecular complexity index is 2030. The molecule has 0 radical (unpaired) electrons. The van der Waals surface area contributed by atoms with Crippen molar-refractivity contribution in [1.29, 1.82) is 5.26 Å². The largest absolute Gasteiger partial charge is 0.246 e. The van der Waals surface area contributed by atoms with Gasteiger partial charge in [-0.15, -0.1) is 0 Å². The molecule has 7 aromatic rings. The van der Waals surface area contributed by atoms with Crippen LogP contribution in [0.2, 0.25) is 0 Å². The highest BCUT2D eigenvalue weighted by molar-refractivity contribution is 6.23. The van der Waals surface area contributed by atoms with Gasteiger partial charge in [0.25, 0.3) is 0 Å². The van der Waals surface area contributed by atoms with Crippen LogP contribution < -0.4 is 0 Å². The van der Waals surface area contributed by atoms with Gasteiger partial charge >= 0.3 is 0 Å². The van der Waals surface area contributed by atoms with E-state index in [-0.39, 0.29) is 0 Å². The second-order valence-electron chi connectivity index (χ2n) is 9.53. The molecule has 0 bridgehead atoms. The zero-order chi connectivity index (χ0) is 25.5. The zero-order valence-corrected chi connectivity index (χ0v) is 20.6. The molecule has 1 aromatic heterocycles. The van der Waals surface area contributed by atoms with Gasteiger partial charge in [-0.25, -0.2) is 4.98 Å². The highest BCUT2D eigenvalue weighted by atomic mass is 14.7. The van der Waals surface area contributed by atoms with E-state index in [1.807, 2.05) is 12.1 Å². The molecule has 0 unspecified atom stereocenters. The Morgan fingerprint density at radius 3 is 1.68 bits per heavy atom. The van der Waals surface area contributed by atoms with Crippen LogP contribution in [-0.4, -0.2) is 4.98 Å². The third-order valence-electron chi connectivity index (χ3n) is 7.31. The van der Waals surface area contributed by atoms with E-state index in [0.29, 0.717) is 5.69 Å². The van der Waals surface area contributed by atoms with Gasteiger partial charge in [-0.2, -0.15) is 5.26 Å². The first-order chi connectivity index (χ1) is 18.8. The van der Waals surface area contributed by atoms with Gasteiger partial charge in [-0.1, -0.05) is 97.1 Å². The fourth-order valence-electron chi connectivity index (χ4n) is 5.62. The monoisotopic (exact) mass is 482 g/mol. The van der Waals surface area contributed by atoms with Crippen molar-refractivity contribution in [2.45, 2.75) is 0 Å². The molecule has 176 valence electrons. The molecule has 2 heteroatoms. The molecule has 1 heterocycles. The molecule has 6 aromatic carbocycles. The number of pyridine rings is 1. The molecule has 0 aliphatic carbocycles. The number of nitriles is 1. The molecule has 0 saturated heterocycles. The van der Waals surface area contributed by atoms with Crippen LogP contribution in [0.15, 0.2) is 134 Å². The summed E-state index contributed by atoms with van der Waals surface area (Å²) in [5.74, 6) is 0. The molecule has 2 nitrogen and oxygen atoms in total. The van der Waals surface area contributed by atoms with Crippen molar-refractivity contribution in [2.24, 2.45) is 0 Å². The molecule has 0 atom stereocenters. The Balaban J connectivity index is 1.61. The highest BCUT2D eigenvalue weighted by Crippen LogP contribution is 2.45. The second kappa shape index (κ2) is 9.00. The minimum absolute atomic E-state index is 0.419. The number of nitrogens with zero attached hydrogens (tertiary/aromatic N) is 2. The summed E-state index contributed by atoms with van der Waals surface area (Å²) in [7, 11) is 0. The van der Waals surface area contributed by atoms with Gasteiger partial charge in [0, 0.05) is 6.20 Å². The SMILES string of the molecule is N#Cc1cc(-c2cccc(-c3c4ccccc4c(-c4ccccc4)c4cc5ccccc5cc34)c2)ccn1. The van der Waals surface area contributed by atoms with Gasteiger partial charge in [0.2, 0.25) is 0 Å². The van der Waals surface area contributed by atoms with Crippen LogP contribution in [0.25, 0.3) is 65.7 Å². The van der Waals surface area contributed by atoms with Crippen LogP contribution >= 0.6 is 0 Å². The van der Waals surface area contributed by atoms with Gasteiger partial charge in [-0.05, 0) is 96.0 Å². The van der Waals surface area contributed by atoms with E-state index < -0.39 is 0 Å². The zero-order valence-electron chi connectivity index (χ0n) is 20.6. The van der Waals surface area contributed by atoms with Crippen LogP contribution in [0, 0.1) is 11.3 Å². The first-order valence-corrected chi connectivity index (χ1v) is 12.7. The smallest absolute Gasteiger partial charge is 0.141 e. The summed E-state index contributed by atoms with van der Waals surface area (Å²) in [6.07, 6.45) is 1.70. The van der Waals surface area contributed by atoms with E-state index in [0.717, 1.165) is 16.7 Å². The molecule has 0 aliphatic heterocycles. The maximum atomic E-state index is 9.37. The van der Waals surface area contributed by atoms with E-state index in [9.17, 15) is 5.26 Å². The lowest BCUT2D eigenvalue weighted by molar-refractivity contribution is 1.26. The molecular weight excluding hydrogens is 460 g/mol. The van der Waals surface area contributed by atoms with Crippen LogP contribution in [0.3, 0.4) is 0 Å². The normalized spacial score (nSPS) is 11.1. The van der Waals surface area contributed by atoms with Crippen molar-refractivity contribution in [3.8, 4) is 39.4 Å². The third kappa shape index (κ3) is 3.61. The van der Waals surface area contributed by atoms with E-state index in [4.69, 9.17) is 0 Å². The third-order valence-corrected chi connectivity index (χ3v) is 7.31. The number of hydrogen-bond acceptors (Lipinski definition) is 2. The minimum Gasteiger partial charge on any atom is -0.246 e. The fourth-order valence-corrected chi connectivity index (χ4v) is 5.62. The molecule has 0 N–H and O–H groups in total. The molecule has 0 spiro atoms. The molecule has 7 rings (SSSR count). The van der Waals surface area contributed by atoms with Crippen LogP contribution in [0.4, 0.5) is 0 Å². The first kappa shape index (κ1) is 22.0. The lowest BCUT2D eigenvalue weighted by Crippen LogP contribution is -1.92. The Kier molecular flexibility index (Phi) is 5.20. The average molecular weight is 483 g/mol. The van der Waals surface area contributed by atoms with Crippen molar-refractivity contribution >= 4 is 32.3 Å². The number of hydrogen-bond donors (Lipinski definition) is 0. The average Bonchev–Trinajstić information content (AvgIpc) is 2.99. The van der Waals surface area contributed by atoms with Gasteiger partial charge in [0.1, 0.15) is 11.8 Å². The van der Waals surface area contributed by atoms with Crippen molar-refractivity contribution in [3.05, 3.63) is 139 Å². The summed E-state index contributed by atoms with van der Waals surface area (Å²) >= 11 is 0.